The molecule has 0 amide bonds. The van der Waals surface area contributed by atoms with Crippen LogP contribution in [0.25, 0.3) is 11.0 Å². The van der Waals surface area contributed by atoms with Crippen molar-refractivity contribution in [3.05, 3.63) is 58.5 Å². The monoisotopic (exact) mass is 518 g/mol. The summed E-state index contributed by atoms with van der Waals surface area (Å²) >= 11 is 3.95. The first-order valence-electron chi connectivity index (χ1n) is 11.6. The zero-order valence-electron chi connectivity index (χ0n) is 19.4. The lowest BCUT2D eigenvalue weighted by Crippen LogP contribution is -2.43. The van der Waals surface area contributed by atoms with Crippen molar-refractivity contribution in [2.75, 3.05) is 38.2 Å². The van der Waals surface area contributed by atoms with Crippen molar-refractivity contribution in [1.82, 2.24) is 19.8 Å². The van der Waals surface area contributed by atoms with Crippen LogP contribution >= 0.6 is 35.9 Å². The molecule has 0 spiro atoms. The van der Waals surface area contributed by atoms with Crippen LogP contribution in [0.2, 0.25) is 0 Å². The lowest BCUT2D eigenvalue weighted by atomic mass is 10.0. The Kier molecular flexibility index (Phi) is 8.82. The van der Waals surface area contributed by atoms with Gasteiger partial charge in [-0.25, -0.2) is 4.98 Å². The van der Waals surface area contributed by atoms with E-state index in [-0.39, 0.29) is 18.0 Å². The number of methoxy groups -OCH3 is 1. The van der Waals surface area contributed by atoms with Gasteiger partial charge < -0.3 is 19.5 Å². The topological polar surface area (TPSA) is 59.4 Å². The van der Waals surface area contributed by atoms with Gasteiger partial charge in [0.05, 0.1) is 24.3 Å². The van der Waals surface area contributed by atoms with E-state index in [1.54, 1.807) is 7.11 Å². The van der Waals surface area contributed by atoms with Gasteiger partial charge in [-0.15, -0.1) is 35.9 Å². The number of aromatic nitrogens is 2. The van der Waals surface area contributed by atoms with Crippen LogP contribution in [0.5, 0.6) is 5.75 Å². The number of fused-ring (bicyclic) bond motifs is 2. The number of benzene rings is 2. The van der Waals surface area contributed by atoms with E-state index in [1.807, 2.05) is 46.3 Å². The van der Waals surface area contributed by atoms with Crippen molar-refractivity contribution in [2.24, 2.45) is 0 Å². The summed E-state index contributed by atoms with van der Waals surface area (Å²) in [5.41, 5.74) is 2.97. The second kappa shape index (κ2) is 11.8. The maximum Gasteiger partial charge on any atom is 0.269 e. The number of ether oxygens (including phenoxy) is 1. The molecular formula is C25H31ClN4O2S2. The molecule has 0 unspecified atom stereocenters. The predicted molar refractivity (Wildman–Crippen MR) is 144 cm³/mol. The van der Waals surface area contributed by atoms with Gasteiger partial charge in [-0.1, -0.05) is 6.07 Å². The molecule has 2 aromatic carbocycles. The molecule has 0 aliphatic carbocycles. The number of hydrogen-bond donors (Lipinski definition) is 1. The van der Waals surface area contributed by atoms with Gasteiger partial charge in [0, 0.05) is 53.0 Å². The van der Waals surface area contributed by atoms with Gasteiger partial charge in [-0.3, -0.25) is 4.79 Å². The molecule has 1 aromatic heterocycles. The Morgan fingerprint density at radius 2 is 1.85 bits per heavy atom. The fraction of sp³-hybridized carbons (Fsp3) is 0.440. The predicted octanol–water partition coefficient (Wildman–Crippen LogP) is 4.28. The second-order valence-electron chi connectivity index (χ2n) is 8.58. The Morgan fingerprint density at radius 1 is 1.06 bits per heavy atom. The molecule has 34 heavy (non-hydrogen) atoms. The molecule has 0 atom stereocenters. The number of piperidine rings is 1. The minimum absolute atomic E-state index is 0. The molecule has 3 heterocycles. The SMILES string of the molecule is COc1ccc2ncc(=O)n(CCN3CCC(NCc4ccc5c(c4)SCCS5)CC3)c2c1.Cl. The highest BCUT2D eigenvalue weighted by Crippen LogP contribution is 2.37. The summed E-state index contributed by atoms with van der Waals surface area (Å²) in [4.78, 5) is 22.1. The third-order valence-electron chi connectivity index (χ3n) is 6.48. The number of nitrogens with one attached hydrogen (secondary N) is 1. The summed E-state index contributed by atoms with van der Waals surface area (Å²) < 4.78 is 7.16. The summed E-state index contributed by atoms with van der Waals surface area (Å²) in [6, 6.07) is 13.1. The highest BCUT2D eigenvalue weighted by atomic mass is 35.5. The largest absolute Gasteiger partial charge is 0.497 e. The Morgan fingerprint density at radius 3 is 2.65 bits per heavy atom. The van der Waals surface area contributed by atoms with Crippen LogP contribution in [0.3, 0.4) is 0 Å². The molecule has 0 radical (unpaired) electrons. The first-order chi connectivity index (χ1) is 16.2. The molecule has 0 bridgehead atoms. The van der Waals surface area contributed by atoms with E-state index in [1.165, 1.54) is 33.1 Å². The lowest BCUT2D eigenvalue weighted by molar-refractivity contribution is 0.191. The highest BCUT2D eigenvalue weighted by Gasteiger charge is 2.19. The number of likely N-dealkylation sites (tertiary alicyclic amines) is 1. The molecule has 5 rings (SSSR count). The van der Waals surface area contributed by atoms with Crippen LogP contribution < -0.4 is 15.6 Å². The quantitative estimate of drug-likeness (QED) is 0.501. The summed E-state index contributed by atoms with van der Waals surface area (Å²) in [6.45, 7) is 4.56. The van der Waals surface area contributed by atoms with Gasteiger partial charge in [-0.05, 0) is 55.8 Å². The summed E-state index contributed by atoms with van der Waals surface area (Å²) in [5.74, 6) is 3.17. The standard InChI is InChI=1S/C25H30N4O2S2.ClH/c1-31-20-3-4-21-22(15-20)29(25(30)17-27-21)11-10-28-8-6-19(7-9-28)26-16-18-2-5-23-24(14-18)33-13-12-32-23;/h2-5,14-15,17,19,26H,6-13,16H2,1H3;1H. The molecule has 1 N–H and O–H groups in total. The maximum absolute atomic E-state index is 12.5. The molecular weight excluding hydrogens is 488 g/mol. The highest BCUT2D eigenvalue weighted by molar-refractivity contribution is 8.05. The van der Waals surface area contributed by atoms with Gasteiger partial charge in [0.15, 0.2) is 0 Å². The van der Waals surface area contributed by atoms with Crippen molar-refractivity contribution < 1.29 is 4.74 Å². The average Bonchev–Trinajstić information content (AvgIpc) is 2.87. The van der Waals surface area contributed by atoms with Crippen molar-refractivity contribution in [3.8, 4) is 5.75 Å². The van der Waals surface area contributed by atoms with Gasteiger partial charge in [0.25, 0.3) is 5.56 Å². The Hall–Kier alpha value is -1.71. The van der Waals surface area contributed by atoms with E-state index in [0.717, 1.165) is 55.8 Å². The summed E-state index contributed by atoms with van der Waals surface area (Å²) in [6.07, 6.45) is 3.69. The Bertz CT molecular complexity index is 1180. The molecule has 2 aliphatic heterocycles. The summed E-state index contributed by atoms with van der Waals surface area (Å²) in [5, 5.41) is 3.76. The van der Waals surface area contributed by atoms with E-state index in [4.69, 9.17) is 4.74 Å². The molecule has 9 heteroatoms. The fourth-order valence-corrected chi connectivity index (χ4v) is 6.83. The van der Waals surface area contributed by atoms with Crippen LogP contribution in [0, 0.1) is 0 Å². The zero-order chi connectivity index (χ0) is 22.6. The van der Waals surface area contributed by atoms with Crippen LogP contribution in [0.15, 0.2) is 57.2 Å². The third-order valence-corrected chi connectivity index (χ3v) is 9.00. The van der Waals surface area contributed by atoms with E-state index in [0.29, 0.717) is 12.6 Å². The van der Waals surface area contributed by atoms with E-state index < -0.39 is 0 Å². The molecule has 6 nitrogen and oxygen atoms in total. The molecule has 1 fully saturated rings. The number of nitrogens with zero attached hydrogens (tertiary/aromatic N) is 3. The van der Waals surface area contributed by atoms with E-state index in [2.05, 4.69) is 33.4 Å². The number of halogens is 1. The minimum atomic E-state index is -0.0612. The van der Waals surface area contributed by atoms with Gasteiger partial charge in [0.1, 0.15) is 5.75 Å². The molecule has 1 saturated heterocycles. The smallest absolute Gasteiger partial charge is 0.269 e. The Labute approximate surface area is 215 Å². The van der Waals surface area contributed by atoms with Crippen molar-refractivity contribution >= 4 is 47.0 Å². The number of hydrogen-bond acceptors (Lipinski definition) is 7. The van der Waals surface area contributed by atoms with Gasteiger partial charge in [0.2, 0.25) is 0 Å². The molecule has 3 aromatic rings. The van der Waals surface area contributed by atoms with Crippen molar-refractivity contribution in [3.63, 3.8) is 0 Å². The number of thioether (sulfide) groups is 2. The fourth-order valence-electron chi connectivity index (χ4n) is 4.56. The average molecular weight is 519 g/mol. The number of rotatable bonds is 7. The first kappa shape index (κ1) is 25.4. The minimum Gasteiger partial charge on any atom is -0.497 e. The Balaban J connectivity index is 0.00000274. The van der Waals surface area contributed by atoms with Crippen LogP contribution in [0.4, 0.5) is 0 Å². The first-order valence-corrected chi connectivity index (χ1v) is 13.5. The van der Waals surface area contributed by atoms with Gasteiger partial charge in [-0.2, -0.15) is 0 Å². The molecule has 0 saturated carbocycles. The second-order valence-corrected chi connectivity index (χ2v) is 10.9. The zero-order valence-corrected chi connectivity index (χ0v) is 21.8. The van der Waals surface area contributed by atoms with E-state index in [9.17, 15) is 4.79 Å². The normalized spacial score (nSPS) is 16.7. The van der Waals surface area contributed by atoms with E-state index >= 15 is 0 Å². The van der Waals surface area contributed by atoms with Gasteiger partial charge >= 0.3 is 0 Å². The lowest BCUT2D eigenvalue weighted by Gasteiger charge is -2.32. The van der Waals surface area contributed by atoms with Crippen molar-refractivity contribution in [1.29, 1.82) is 0 Å². The molecule has 182 valence electrons. The summed E-state index contributed by atoms with van der Waals surface area (Å²) in [7, 11) is 1.64. The van der Waals surface area contributed by atoms with Crippen molar-refractivity contribution in [2.45, 2.75) is 41.8 Å². The maximum atomic E-state index is 12.5. The van der Waals surface area contributed by atoms with Crippen LogP contribution in [-0.2, 0) is 13.1 Å². The molecule has 2 aliphatic rings. The van der Waals surface area contributed by atoms with Crippen LogP contribution in [-0.4, -0.2) is 58.7 Å². The third kappa shape index (κ3) is 5.91. The van der Waals surface area contributed by atoms with Crippen LogP contribution in [0.1, 0.15) is 18.4 Å².